The van der Waals surface area contributed by atoms with Gasteiger partial charge >= 0.3 is 0 Å². The maximum atomic E-state index is 12.3. The van der Waals surface area contributed by atoms with E-state index in [0.717, 1.165) is 19.3 Å². The van der Waals surface area contributed by atoms with Gasteiger partial charge in [-0.15, -0.1) is 0 Å². The molecule has 1 aromatic heterocycles. The minimum Gasteiger partial charge on any atom is -0.394 e. The summed E-state index contributed by atoms with van der Waals surface area (Å²) < 4.78 is 0. The van der Waals surface area contributed by atoms with Crippen LogP contribution in [0.2, 0.25) is 0 Å². The van der Waals surface area contributed by atoms with Crippen LogP contribution >= 0.6 is 0 Å². The Morgan fingerprint density at radius 3 is 2.79 bits per heavy atom. The third-order valence-corrected chi connectivity index (χ3v) is 3.74. The fourth-order valence-corrected chi connectivity index (χ4v) is 2.41. The lowest BCUT2D eigenvalue weighted by atomic mass is 9.77. The predicted octanol–water partition coefficient (Wildman–Crippen LogP) is 1.27. The molecular formula is C14H15N3O2. The molecule has 0 spiro atoms. The van der Waals surface area contributed by atoms with Crippen molar-refractivity contribution >= 4 is 16.9 Å². The van der Waals surface area contributed by atoms with Gasteiger partial charge in [-0.25, -0.2) is 0 Å². The highest BCUT2D eigenvalue weighted by Crippen LogP contribution is 2.31. The Morgan fingerprint density at radius 2 is 2.11 bits per heavy atom. The summed E-state index contributed by atoms with van der Waals surface area (Å²) in [5.41, 5.74) is 1.35. The Labute approximate surface area is 110 Å². The minimum absolute atomic E-state index is 0.0187. The quantitative estimate of drug-likeness (QED) is 0.868. The Bertz CT molecular complexity index is 612. The summed E-state index contributed by atoms with van der Waals surface area (Å²) in [7, 11) is 0. The van der Waals surface area contributed by atoms with Gasteiger partial charge in [-0.2, -0.15) is 0 Å². The lowest BCUT2D eigenvalue weighted by Crippen LogP contribution is -2.56. The zero-order valence-corrected chi connectivity index (χ0v) is 10.5. The lowest BCUT2D eigenvalue weighted by molar-refractivity contribution is 0.0643. The summed E-state index contributed by atoms with van der Waals surface area (Å²) in [6.45, 7) is -0.0187. The van der Waals surface area contributed by atoms with Crippen molar-refractivity contribution < 1.29 is 9.90 Å². The van der Waals surface area contributed by atoms with Gasteiger partial charge in [-0.05, 0) is 31.4 Å². The van der Waals surface area contributed by atoms with Crippen LogP contribution in [0.1, 0.15) is 29.6 Å². The molecular weight excluding hydrogens is 242 g/mol. The van der Waals surface area contributed by atoms with Crippen molar-refractivity contribution in [3.8, 4) is 0 Å². The molecule has 0 bridgehead atoms. The fraction of sp³-hybridized carbons (Fsp3) is 0.357. The normalized spacial score (nSPS) is 16.9. The highest BCUT2D eigenvalue weighted by atomic mass is 16.3. The van der Waals surface area contributed by atoms with Crippen molar-refractivity contribution in [1.82, 2.24) is 15.3 Å². The molecule has 1 fully saturated rings. The van der Waals surface area contributed by atoms with E-state index in [9.17, 15) is 9.90 Å². The molecule has 0 radical (unpaired) electrons. The topological polar surface area (TPSA) is 75.1 Å². The zero-order valence-electron chi connectivity index (χ0n) is 10.5. The largest absolute Gasteiger partial charge is 0.394 e. The van der Waals surface area contributed by atoms with Crippen LogP contribution in [-0.4, -0.2) is 33.1 Å². The molecule has 1 amide bonds. The van der Waals surface area contributed by atoms with Gasteiger partial charge in [0.1, 0.15) is 5.52 Å². The van der Waals surface area contributed by atoms with Crippen LogP contribution < -0.4 is 5.32 Å². The molecule has 0 aliphatic heterocycles. The number of nitrogens with zero attached hydrogens (tertiary/aromatic N) is 2. The van der Waals surface area contributed by atoms with Crippen LogP contribution in [0.15, 0.2) is 30.6 Å². The number of hydrogen-bond donors (Lipinski definition) is 2. The third kappa shape index (κ3) is 2.06. The number of aliphatic hydroxyl groups excluding tert-OH is 1. The monoisotopic (exact) mass is 257 g/mol. The first kappa shape index (κ1) is 12.0. The highest BCUT2D eigenvalue weighted by molar-refractivity contribution is 6.04. The van der Waals surface area contributed by atoms with E-state index in [0.29, 0.717) is 16.6 Å². The van der Waals surface area contributed by atoms with Crippen LogP contribution in [0.25, 0.3) is 11.0 Å². The van der Waals surface area contributed by atoms with Crippen LogP contribution in [0, 0.1) is 0 Å². The fourth-order valence-electron chi connectivity index (χ4n) is 2.41. The van der Waals surface area contributed by atoms with Crippen molar-refractivity contribution in [2.24, 2.45) is 0 Å². The van der Waals surface area contributed by atoms with E-state index >= 15 is 0 Å². The Morgan fingerprint density at radius 1 is 1.32 bits per heavy atom. The number of benzene rings is 1. The van der Waals surface area contributed by atoms with Crippen molar-refractivity contribution in [3.63, 3.8) is 0 Å². The standard InChI is InChI=1S/C14H15N3O2/c18-9-14(5-2-6-14)17-13(19)10-3-1-4-11-12(10)16-8-7-15-11/h1,3-4,7-8,18H,2,5-6,9H2,(H,17,19). The molecule has 5 heteroatoms. The third-order valence-electron chi connectivity index (χ3n) is 3.74. The Hall–Kier alpha value is -2.01. The van der Waals surface area contributed by atoms with Gasteiger partial charge in [0.25, 0.3) is 5.91 Å². The molecule has 2 aromatic rings. The molecule has 1 saturated carbocycles. The van der Waals surface area contributed by atoms with Crippen molar-refractivity contribution in [2.45, 2.75) is 24.8 Å². The molecule has 2 N–H and O–H groups in total. The minimum atomic E-state index is -0.443. The van der Waals surface area contributed by atoms with E-state index in [1.807, 2.05) is 6.07 Å². The molecule has 19 heavy (non-hydrogen) atoms. The van der Waals surface area contributed by atoms with Gasteiger partial charge in [0.2, 0.25) is 0 Å². The summed E-state index contributed by atoms with van der Waals surface area (Å²) in [5, 5.41) is 12.3. The lowest BCUT2D eigenvalue weighted by Gasteiger charge is -2.40. The van der Waals surface area contributed by atoms with Gasteiger partial charge in [-0.3, -0.25) is 14.8 Å². The van der Waals surface area contributed by atoms with Gasteiger partial charge in [0.15, 0.2) is 0 Å². The second-order valence-corrected chi connectivity index (χ2v) is 4.98. The van der Waals surface area contributed by atoms with E-state index in [1.54, 1.807) is 24.5 Å². The highest BCUT2D eigenvalue weighted by Gasteiger charge is 2.38. The number of para-hydroxylation sites is 1. The summed E-state index contributed by atoms with van der Waals surface area (Å²) in [5.74, 6) is -0.195. The number of carbonyl (C=O) groups excluding carboxylic acids is 1. The maximum Gasteiger partial charge on any atom is 0.254 e. The molecule has 98 valence electrons. The van der Waals surface area contributed by atoms with Crippen LogP contribution in [-0.2, 0) is 0 Å². The predicted molar refractivity (Wildman–Crippen MR) is 70.7 cm³/mol. The SMILES string of the molecule is O=C(NC1(CO)CCC1)c1cccc2nccnc12. The van der Waals surface area contributed by atoms with Gasteiger partial charge in [-0.1, -0.05) is 6.07 Å². The van der Waals surface area contributed by atoms with E-state index in [1.165, 1.54) is 0 Å². The molecule has 1 aromatic carbocycles. The van der Waals surface area contributed by atoms with Crippen LogP contribution in [0.3, 0.4) is 0 Å². The smallest absolute Gasteiger partial charge is 0.254 e. The van der Waals surface area contributed by atoms with E-state index in [-0.39, 0.29) is 12.5 Å². The van der Waals surface area contributed by atoms with E-state index in [2.05, 4.69) is 15.3 Å². The zero-order chi connectivity index (χ0) is 13.3. The number of hydrogen-bond acceptors (Lipinski definition) is 4. The van der Waals surface area contributed by atoms with Crippen molar-refractivity contribution in [2.75, 3.05) is 6.61 Å². The molecule has 5 nitrogen and oxygen atoms in total. The number of fused-ring (bicyclic) bond motifs is 1. The first-order valence-electron chi connectivity index (χ1n) is 6.37. The molecule has 1 aliphatic carbocycles. The molecule has 0 saturated heterocycles. The van der Waals surface area contributed by atoms with Crippen LogP contribution in [0.4, 0.5) is 0 Å². The molecule has 1 heterocycles. The number of aliphatic hydroxyl groups is 1. The van der Waals surface area contributed by atoms with Crippen molar-refractivity contribution in [3.05, 3.63) is 36.2 Å². The van der Waals surface area contributed by atoms with Crippen molar-refractivity contribution in [1.29, 1.82) is 0 Å². The number of nitrogens with one attached hydrogen (secondary N) is 1. The summed E-state index contributed by atoms with van der Waals surface area (Å²) in [4.78, 5) is 20.7. The summed E-state index contributed by atoms with van der Waals surface area (Å²) >= 11 is 0. The molecule has 0 unspecified atom stereocenters. The second kappa shape index (κ2) is 4.59. The summed E-state index contributed by atoms with van der Waals surface area (Å²) in [6, 6.07) is 5.35. The average molecular weight is 257 g/mol. The molecule has 0 atom stereocenters. The second-order valence-electron chi connectivity index (χ2n) is 4.98. The number of carbonyl (C=O) groups is 1. The molecule has 3 rings (SSSR count). The van der Waals surface area contributed by atoms with Gasteiger partial charge in [0, 0.05) is 12.4 Å². The first-order valence-corrected chi connectivity index (χ1v) is 6.37. The number of rotatable bonds is 3. The Kier molecular flexibility index (Phi) is 2.91. The van der Waals surface area contributed by atoms with Crippen LogP contribution in [0.5, 0.6) is 0 Å². The van der Waals surface area contributed by atoms with E-state index in [4.69, 9.17) is 0 Å². The number of aromatic nitrogens is 2. The Balaban J connectivity index is 1.93. The van der Waals surface area contributed by atoms with Gasteiger partial charge < -0.3 is 10.4 Å². The maximum absolute atomic E-state index is 12.3. The van der Waals surface area contributed by atoms with Gasteiger partial charge in [0.05, 0.1) is 23.2 Å². The number of amides is 1. The average Bonchev–Trinajstić information content (AvgIpc) is 2.42. The van der Waals surface area contributed by atoms with E-state index < -0.39 is 5.54 Å². The molecule has 1 aliphatic rings. The summed E-state index contributed by atoms with van der Waals surface area (Å²) in [6.07, 6.45) is 5.86. The first-order chi connectivity index (χ1) is 9.24.